The summed E-state index contributed by atoms with van der Waals surface area (Å²) in [5, 5.41) is 8.56. The Morgan fingerprint density at radius 1 is 1.67 bits per heavy atom. The number of rotatable bonds is 2. The molecule has 0 fully saturated rings. The average Bonchev–Trinajstić information content (AvgIpc) is 2.05. The number of anilines is 1. The van der Waals surface area contributed by atoms with Crippen LogP contribution in [0.2, 0.25) is 0 Å². The smallest absolute Gasteiger partial charge is 0.337 e. The summed E-state index contributed by atoms with van der Waals surface area (Å²) in [7, 11) is 0. The van der Waals surface area contributed by atoms with Gasteiger partial charge in [-0.15, -0.1) is 0 Å². The van der Waals surface area contributed by atoms with Crippen LogP contribution in [-0.4, -0.2) is 22.3 Å². The van der Waals surface area contributed by atoms with Gasteiger partial charge in [-0.1, -0.05) is 0 Å². The van der Waals surface area contributed by atoms with E-state index in [9.17, 15) is 9.59 Å². The van der Waals surface area contributed by atoms with Gasteiger partial charge < -0.3 is 10.8 Å². The molecule has 1 heterocycles. The van der Waals surface area contributed by atoms with Crippen LogP contribution in [0.4, 0.5) is 5.69 Å². The fourth-order valence-corrected chi connectivity index (χ4v) is 0.732. The van der Waals surface area contributed by atoms with E-state index in [0.29, 0.717) is 6.29 Å². The Labute approximate surface area is 67.8 Å². The number of carbonyl (C=O) groups is 2. The summed E-state index contributed by atoms with van der Waals surface area (Å²) in [6.45, 7) is 0. The minimum atomic E-state index is -1.17. The van der Waals surface area contributed by atoms with Gasteiger partial charge in [0.15, 0.2) is 6.29 Å². The number of aromatic carboxylic acids is 1. The number of carboxylic acids is 1. The van der Waals surface area contributed by atoms with Crippen molar-refractivity contribution in [1.29, 1.82) is 0 Å². The van der Waals surface area contributed by atoms with Crippen LogP contribution in [0.1, 0.15) is 20.8 Å². The molecule has 0 bridgehead atoms. The number of pyridine rings is 1. The number of carboxylic acid groups (broad SMARTS) is 1. The summed E-state index contributed by atoms with van der Waals surface area (Å²) in [5.74, 6) is -1.17. The number of carbonyl (C=O) groups excluding carboxylic acids is 1. The van der Waals surface area contributed by atoms with Gasteiger partial charge in [-0.2, -0.15) is 0 Å². The van der Waals surface area contributed by atoms with Crippen LogP contribution in [0.25, 0.3) is 0 Å². The van der Waals surface area contributed by atoms with Crippen LogP contribution in [0.5, 0.6) is 0 Å². The maximum absolute atomic E-state index is 10.5. The van der Waals surface area contributed by atoms with Gasteiger partial charge in [0.05, 0.1) is 17.4 Å². The first-order valence-corrected chi connectivity index (χ1v) is 3.09. The summed E-state index contributed by atoms with van der Waals surface area (Å²) >= 11 is 0. The van der Waals surface area contributed by atoms with Crippen molar-refractivity contribution in [2.24, 2.45) is 0 Å². The van der Waals surface area contributed by atoms with E-state index >= 15 is 0 Å². The molecule has 1 aromatic rings. The minimum Gasteiger partial charge on any atom is -0.478 e. The molecule has 1 aromatic heterocycles. The second-order valence-electron chi connectivity index (χ2n) is 2.12. The van der Waals surface area contributed by atoms with Crippen molar-refractivity contribution in [3.05, 3.63) is 23.5 Å². The molecule has 0 atom stereocenters. The maximum Gasteiger partial charge on any atom is 0.337 e. The molecule has 5 heteroatoms. The molecule has 1 rings (SSSR count). The van der Waals surface area contributed by atoms with Crippen molar-refractivity contribution >= 4 is 17.9 Å². The van der Waals surface area contributed by atoms with Gasteiger partial charge in [0.1, 0.15) is 5.69 Å². The van der Waals surface area contributed by atoms with Crippen molar-refractivity contribution < 1.29 is 14.7 Å². The molecule has 12 heavy (non-hydrogen) atoms. The minimum absolute atomic E-state index is 0.0492. The molecule has 3 N–H and O–H groups in total. The highest BCUT2D eigenvalue weighted by molar-refractivity contribution is 5.94. The van der Waals surface area contributed by atoms with E-state index in [1.807, 2.05) is 0 Å². The molecule has 0 aromatic carbocycles. The Morgan fingerprint density at radius 3 is 2.83 bits per heavy atom. The van der Waals surface area contributed by atoms with Gasteiger partial charge in [0.2, 0.25) is 0 Å². The van der Waals surface area contributed by atoms with Crippen LogP contribution in [-0.2, 0) is 0 Å². The molecule has 0 aliphatic heterocycles. The Kier molecular flexibility index (Phi) is 2.05. The monoisotopic (exact) mass is 166 g/mol. The highest BCUT2D eigenvalue weighted by Gasteiger charge is 2.08. The lowest BCUT2D eigenvalue weighted by molar-refractivity contribution is 0.0698. The van der Waals surface area contributed by atoms with Crippen molar-refractivity contribution in [3.8, 4) is 0 Å². The number of aromatic nitrogens is 1. The molecule has 5 nitrogen and oxygen atoms in total. The molecular weight excluding hydrogens is 160 g/mol. The number of hydrogen-bond acceptors (Lipinski definition) is 4. The van der Waals surface area contributed by atoms with E-state index < -0.39 is 5.97 Å². The Hall–Kier alpha value is -1.91. The zero-order valence-electron chi connectivity index (χ0n) is 6.02. The fourth-order valence-electron chi connectivity index (χ4n) is 0.732. The second kappa shape index (κ2) is 3.00. The van der Waals surface area contributed by atoms with E-state index in [4.69, 9.17) is 10.8 Å². The number of hydrogen-bond donors (Lipinski definition) is 2. The third kappa shape index (κ3) is 1.39. The van der Waals surface area contributed by atoms with Gasteiger partial charge in [-0.3, -0.25) is 9.78 Å². The van der Waals surface area contributed by atoms with Crippen molar-refractivity contribution in [3.63, 3.8) is 0 Å². The van der Waals surface area contributed by atoms with Crippen LogP contribution in [0.15, 0.2) is 12.3 Å². The largest absolute Gasteiger partial charge is 0.478 e. The van der Waals surface area contributed by atoms with Gasteiger partial charge in [-0.25, -0.2) is 4.79 Å². The quantitative estimate of drug-likeness (QED) is 0.611. The number of aldehydes is 1. The Bertz CT molecular complexity index is 335. The lowest BCUT2D eigenvalue weighted by atomic mass is 10.2. The second-order valence-corrected chi connectivity index (χ2v) is 2.12. The standard InChI is InChI=1S/C7H6N2O3/c8-6-2-9-4(3-10)1-5(6)7(11)12/h1-3H,8H2,(H,11,12). The van der Waals surface area contributed by atoms with Crippen molar-refractivity contribution in [2.75, 3.05) is 5.73 Å². The third-order valence-electron chi connectivity index (χ3n) is 1.31. The summed E-state index contributed by atoms with van der Waals surface area (Å²) in [6, 6.07) is 1.13. The normalized spacial score (nSPS) is 9.33. The maximum atomic E-state index is 10.5. The topological polar surface area (TPSA) is 93.3 Å². The summed E-state index contributed by atoms with van der Waals surface area (Å²) < 4.78 is 0. The first kappa shape index (κ1) is 8.19. The first-order chi connectivity index (χ1) is 5.65. The molecule has 0 saturated heterocycles. The molecule has 62 valence electrons. The number of nitrogens with zero attached hydrogens (tertiary/aromatic N) is 1. The Morgan fingerprint density at radius 2 is 2.33 bits per heavy atom. The summed E-state index contributed by atoms with van der Waals surface area (Å²) in [5.41, 5.74) is 5.29. The molecule has 0 radical (unpaired) electrons. The SMILES string of the molecule is Nc1cnc(C=O)cc1C(=O)O. The zero-order valence-corrected chi connectivity index (χ0v) is 6.02. The molecule has 0 saturated carbocycles. The lowest BCUT2D eigenvalue weighted by Crippen LogP contribution is -2.04. The average molecular weight is 166 g/mol. The molecule has 0 aliphatic rings. The van der Waals surface area contributed by atoms with Crippen molar-refractivity contribution in [2.45, 2.75) is 0 Å². The lowest BCUT2D eigenvalue weighted by Gasteiger charge is -1.98. The van der Waals surface area contributed by atoms with Crippen LogP contribution in [0.3, 0.4) is 0 Å². The summed E-state index contributed by atoms with van der Waals surface area (Å²) in [4.78, 5) is 24.2. The zero-order chi connectivity index (χ0) is 9.14. The molecule has 0 unspecified atom stereocenters. The van der Waals surface area contributed by atoms with Crippen LogP contribution < -0.4 is 5.73 Å². The molecule has 0 spiro atoms. The highest BCUT2D eigenvalue weighted by Crippen LogP contribution is 2.09. The van der Waals surface area contributed by atoms with Crippen molar-refractivity contribution in [1.82, 2.24) is 4.98 Å². The van der Waals surface area contributed by atoms with E-state index in [1.165, 1.54) is 0 Å². The van der Waals surface area contributed by atoms with Crippen LogP contribution >= 0.6 is 0 Å². The summed E-state index contributed by atoms with van der Waals surface area (Å²) in [6.07, 6.45) is 1.61. The first-order valence-electron chi connectivity index (χ1n) is 3.09. The molecular formula is C7H6N2O3. The predicted octanol–water partition coefficient (Wildman–Crippen LogP) is 0.175. The van der Waals surface area contributed by atoms with Gasteiger partial charge in [0, 0.05) is 0 Å². The van der Waals surface area contributed by atoms with Gasteiger partial charge in [-0.05, 0) is 6.07 Å². The highest BCUT2D eigenvalue weighted by atomic mass is 16.4. The van der Waals surface area contributed by atoms with Crippen LogP contribution in [0, 0.1) is 0 Å². The van der Waals surface area contributed by atoms with E-state index in [1.54, 1.807) is 0 Å². The van der Waals surface area contributed by atoms with Gasteiger partial charge >= 0.3 is 5.97 Å². The molecule has 0 aliphatic carbocycles. The number of nitrogens with two attached hydrogens (primary N) is 1. The Balaban J connectivity index is 3.25. The van der Waals surface area contributed by atoms with E-state index in [0.717, 1.165) is 12.3 Å². The fraction of sp³-hybridized carbons (Fsp3) is 0. The van der Waals surface area contributed by atoms with Gasteiger partial charge in [0.25, 0.3) is 0 Å². The predicted molar refractivity (Wildman–Crippen MR) is 41.0 cm³/mol. The van der Waals surface area contributed by atoms with E-state index in [-0.39, 0.29) is 16.9 Å². The molecule has 0 amide bonds. The van der Waals surface area contributed by atoms with E-state index in [2.05, 4.69) is 4.98 Å². The number of nitrogen functional groups attached to an aromatic ring is 1. The third-order valence-corrected chi connectivity index (χ3v) is 1.31.